The maximum atomic E-state index is 5.41. The second-order valence-electron chi connectivity index (χ2n) is 7.34. The topological polar surface area (TPSA) is 67.6 Å². The third kappa shape index (κ3) is 2.86. The van der Waals surface area contributed by atoms with Gasteiger partial charge in [0.1, 0.15) is 11.2 Å². The fourth-order valence-corrected chi connectivity index (χ4v) is 5.24. The van der Waals surface area contributed by atoms with Gasteiger partial charge in [0, 0.05) is 31.1 Å². The van der Waals surface area contributed by atoms with E-state index in [1.165, 1.54) is 22.2 Å². The van der Waals surface area contributed by atoms with Gasteiger partial charge in [-0.1, -0.05) is 6.92 Å². The van der Waals surface area contributed by atoms with Crippen LogP contribution < -0.4 is 5.32 Å². The Hall–Kier alpha value is -1.77. The van der Waals surface area contributed by atoms with E-state index in [1.807, 2.05) is 15.9 Å². The van der Waals surface area contributed by atoms with Crippen molar-refractivity contribution in [3.8, 4) is 0 Å². The number of nitrogens with one attached hydrogen (secondary N) is 1. The molecule has 0 unspecified atom stereocenters. The van der Waals surface area contributed by atoms with Crippen molar-refractivity contribution in [3.63, 3.8) is 0 Å². The minimum atomic E-state index is 0.731. The van der Waals surface area contributed by atoms with Crippen LogP contribution in [0.2, 0.25) is 0 Å². The Morgan fingerprint density at radius 1 is 1.35 bits per heavy atom. The van der Waals surface area contributed by atoms with Crippen LogP contribution in [0.25, 0.3) is 15.9 Å². The van der Waals surface area contributed by atoms with E-state index in [9.17, 15) is 0 Å². The molecule has 0 radical (unpaired) electrons. The normalized spacial score (nSPS) is 21.3. The maximum absolute atomic E-state index is 5.41. The van der Waals surface area contributed by atoms with Crippen LogP contribution in [-0.2, 0) is 17.6 Å². The molecule has 1 atom stereocenters. The van der Waals surface area contributed by atoms with Crippen molar-refractivity contribution in [3.05, 3.63) is 16.8 Å². The summed E-state index contributed by atoms with van der Waals surface area (Å²) in [5, 5.41) is 9.12. The molecule has 26 heavy (non-hydrogen) atoms. The zero-order valence-corrected chi connectivity index (χ0v) is 15.9. The Morgan fingerprint density at radius 2 is 2.23 bits per heavy atom. The van der Waals surface area contributed by atoms with Crippen molar-refractivity contribution in [2.75, 3.05) is 44.7 Å². The van der Waals surface area contributed by atoms with Crippen LogP contribution in [-0.4, -0.2) is 63.9 Å². The average molecular weight is 372 g/mol. The van der Waals surface area contributed by atoms with Gasteiger partial charge in [0.2, 0.25) is 5.95 Å². The van der Waals surface area contributed by atoms with Gasteiger partial charge >= 0.3 is 0 Å². The third-order valence-corrected chi connectivity index (χ3v) is 6.67. The summed E-state index contributed by atoms with van der Waals surface area (Å²) in [6, 6.07) is 0. The summed E-state index contributed by atoms with van der Waals surface area (Å²) in [6.07, 6.45) is 5.20. The fourth-order valence-electron chi connectivity index (χ4n) is 4.03. The quantitative estimate of drug-likeness (QED) is 0.757. The molecule has 7 nitrogen and oxygen atoms in total. The van der Waals surface area contributed by atoms with Crippen molar-refractivity contribution >= 4 is 33.1 Å². The highest BCUT2D eigenvalue weighted by Crippen LogP contribution is 2.39. The lowest BCUT2D eigenvalue weighted by molar-refractivity contribution is 0.0398. The fraction of sp³-hybridized carbons (Fsp3) is 0.611. The number of aromatic nitrogens is 4. The SMILES string of the molecule is C[C@H]1CCc2sc3nc(NCCN4CCOCC4)n4ncnc4c3c2C1. The first kappa shape index (κ1) is 16.4. The van der Waals surface area contributed by atoms with E-state index >= 15 is 0 Å². The van der Waals surface area contributed by atoms with Gasteiger partial charge in [-0.2, -0.15) is 9.61 Å². The molecule has 0 bridgehead atoms. The van der Waals surface area contributed by atoms with Crippen LogP contribution >= 0.6 is 11.3 Å². The molecule has 5 rings (SSSR count). The van der Waals surface area contributed by atoms with Crippen molar-refractivity contribution < 1.29 is 4.74 Å². The number of fused-ring (bicyclic) bond motifs is 5. The van der Waals surface area contributed by atoms with E-state index in [0.717, 1.165) is 74.6 Å². The van der Waals surface area contributed by atoms with Gasteiger partial charge in [-0.25, -0.2) is 9.97 Å². The number of aryl methyl sites for hydroxylation is 1. The van der Waals surface area contributed by atoms with E-state index in [1.54, 1.807) is 6.33 Å². The summed E-state index contributed by atoms with van der Waals surface area (Å²) in [5.41, 5.74) is 2.39. The van der Waals surface area contributed by atoms with Crippen LogP contribution in [0.1, 0.15) is 23.8 Å². The molecule has 0 spiro atoms. The summed E-state index contributed by atoms with van der Waals surface area (Å²) in [7, 11) is 0. The summed E-state index contributed by atoms with van der Waals surface area (Å²) in [6.45, 7) is 7.83. The average Bonchev–Trinajstić information content (AvgIpc) is 3.26. The molecule has 8 heteroatoms. The molecular formula is C18H24N6OS. The second kappa shape index (κ2) is 6.75. The summed E-state index contributed by atoms with van der Waals surface area (Å²) >= 11 is 1.84. The lowest BCUT2D eigenvalue weighted by Crippen LogP contribution is -2.39. The molecule has 3 aromatic heterocycles. The third-order valence-electron chi connectivity index (χ3n) is 5.48. The Bertz CT molecular complexity index is 929. The number of anilines is 1. The molecule has 1 aliphatic heterocycles. The van der Waals surface area contributed by atoms with E-state index < -0.39 is 0 Å². The summed E-state index contributed by atoms with van der Waals surface area (Å²) in [4.78, 5) is 14.5. The number of nitrogens with zero attached hydrogens (tertiary/aromatic N) is 5. The number of rotatable bonds is 4. The van der Waals surface area contributed by atoms with Crippen molar-refractivity contribution in [1.82, 2.24) is 24.5 Å². The van der Waals surface area contributed by atoms with Gasteiger partial charge in [0.25, 0.3) is 0 Å². The van der Waals surface area contributed by atoms with Gasteiger partial charge in [-0.3, -0.25) is 4.90 Å². The molecule has 0 amide bonds. The Labute approximate surface area is 156 Å². The van der Waals surface area contributed by atoms with Crippen LogP contribution in [0.15, 0.2) is 6.33 Å². The lowest BCUT2D eigenvalue weighted by Gasteiger charge is -2.26. The number of ether oxygens (including phenoxy) is 1. The smallest absolute Gasteiger partial charge is 0.227 e. The predicted octanol–water partition coefficient (Wildman–Crippen LogP) is 2.21. The highest BCUT2D eigenvalue weighted by molar-refractivity contribution is 7.19. The van der Waals surface area contributed by atoms with Crippen molar-refractivity contribution in [1.29, 1.82) is 0 Å². The highest BCUT2D eigenvalue weighted by Gasteiger charge is 2.24. The van der Waals surface area contributed by atoms with Crippen LogP contribution in [0.5, 0.6) is 0 Å². The van der Waals surface area contributed by atoms with Gasteiger partial charge in [0.15, 0.2) is 5.65 Å². The number of thiophene rings is 1. The van der Waals surface area contributed by atoms with Gasteiger partial charge in [-0.05, 0) is 30.7 Å². The number of morpholine rings is 1. The Balaban J connectivity index is 1.45. The molecule has 138 valence electrons. The highest BCUT2D eigenvalue weighted by atomic mass is 32.1. The first-order valence-corrected chi connectivity index (χ1v) is 10.3. The van der Waals surface area contributed by atoms with E-state index in [-0.39, 0.29) is 0 Å². The van der Waals surface area contributed by atoms with E-state index in [2.05, 4.69) is 27.2 Å². The second-order valence-corrected chi connectivity index (χ2v) is 8.43. The summed E-state index contributed by atoms with van der Waals surface area (Å²) in [5.74, 6) is 1.53. The molecule has 0 saturated carbocycles. The maximum Gasteiger partial charge on any atom is 0.227 e. The molecule has 1 fully saturated rings. The largest absolute Gasteiger partial charge is 0.379 e. The zero-order chi connectivity index (χ0) is 17.5. The molecule has 1 saturated heterocycles. The first-order chi connectivity index (χ1) is 12.8. The van der Waals surface area contributed by atoms with Crippen molar-refractivity contribution in [2.24, 2.45) is 5.92 Å². The molecule has 1 N–H and O–H groups in total. The van der Waals surface area contributed by atoms with Gasteiger partial charge in [0.05, 0.1) is 18.6 Å². The lowest BCUT2D eigenvalue weighted by atomic mass is 9.89. The van der Waals surface area contributed by atoms with E-state index in [0.29, 0.717) is 0 Å². The molecule has 2 aliphatic rings. The Kier molecular flexibility index (Phi) is 4.26. The van der Waals surface area contributed by atoms with Crippen LogP contribution in [0, 0.1) is 5.92 Å². The van der Waals surface area contributed by atoms with Gasteiger partial charge in [-0.15, -0.1) is 11.3 Å². The molecule has 0 aromatic carbocycles. The van der Waals surface area contributed by atoms with Gasteiger partial charge < -0.3 is 10.1 Å². The minimum Gasteiger partial charge on any atom is -0.379 e. The molecular weight excluding hydrogens is 348 g/mol. The van der Waals surface area contributed by atoms with E-state index in [4.69, 9.17) is 9.72 Å². The predicted molar refractivity (Wildman–Crippen MR) is 103 cm³/mol. The monoisotopic (exact) mass is 372 g/mol. The summed E-state index contributed by atoms with van der Waals surface area (Å²) < 4.78 is 7.28. The Morgan fingerprint density at radius 3 is 3.12 bits per heavy atom. The van der Waals surface area contributed by atoms with Crippen LogP contribution in [0.3, 0.4) is 0 Å². The standard InChI is InChI=1S/C18H24N6OS/c1-12-2-3-14-13(10-12)15-16-20-11-21-24(16)18(22-17(15)26-14)19-4-5-23-6-8-25-9-7-23/h11-12H,2-10H2,1H3,(H,19,22)/t12-/m0/s1. The minimum absolute atomic E-state index is 0.731. The molecule has 3 aromatic rings. The first-order valence-electron chi connectivity index (χ1n) is 9.47. The number of hydrogen-bond donors (Lipinski definition) is 1. The zero-order valence-electron chi connectivity index (χ0n) is 15.1. The molecule has 4 heterocycles. The van der Waals surface area contributed by atoms with Crippen molar-refractivity contribution in [2.45, 2.75) is 26.2 Å². The molecule has 1 aliphatic carbocycles. The number of hydrogen-bond acceptors (Lipinski definition) is 7. The van der Waals surface area contributed by atoms with Crippen LogP contribution in [0.4, 0.5) is 5.95 Å².